The van der Waals surface area contributed by atoms with E-state index in [0.717, 1.165) is 12.1 Å². The van der Waals surface area contributed by atoms with E-state index in [-0.39, 0.29) is 23.6 Å². The van der Waals surface area contributed by atoms with Crippen LogP contribution >= 0.6 is 0 Å². The number of hydrogen-bond donors (Lipinski definition) is 2. The van der Waals surface area contributed by atoms with Crippen LogP contribution in [-0.2, 0) is 16.1 Å². The van der Waals surface area contributed by atoms with Gasteiger partial charge >= 0.3 is 12.2 Å². The third kappa shape index (κ3) is 5.82. The summed E-state index contributed by atoms with van der Waals surface area (Å²) >= 11 is 0. The first-order valence-corrected chi connectivity index (χ1v) is 11.8. The molecule has 0 aliphatic carbocycles. The lowest BCUT2D eigenvalue weighted by atomic mass is 10.1. The zero-order chi connectivity index (χ0) is 28.3. The van der Waals surface area contributed by atoms with Gasteiger partial charge in [0.25, 0.3) is 0 Å². The zero-order valence-electron chi connectivity index (χ0n) is 20.9. The predicted octanol–water partition coefficient (Wildman–Crippen LogP) is 4.08. The Morgan fingerprint density at radius 2 is 1.85 bits per heavy atom. The fourth-order valence-electron chi connectivity index (χ4n) is 3.94. The fourth-order valence-corrected chi connectivity index (χ4v) is 3.94. The smallest absolute Gasteiger partial charge is 0.412 e. The number of nitrogens with one attached hydrogen (secondary N) is 1. The van der Waals surface area contributed by atoms with Gasteiger partial charge in [0.15, 0.2) is 22.6 Å². The maximum atomic E-state index is 15.4. The number of carbonyl (C=O) groups is 2. The van der Waals surface area contributed by atoms with Gasteiger partial charge in [-0.15, -0.1) is 0 Å². The first-order chi connectivity index (χ1) is 18.6. The molecule has 2 heterocycles. The van der Waals surface area contributed by atoms with Crippen LogP contribution in [0.5, 0.6) is 0 Å². The molecule has 206 valence electrons. The number of ether oxygens (including phenoxy) is 2. The number of nitrogens with two attached hydrogens (primary N) is 1. The number of rotatable bonds is 6. The van der Waals surface area contributed by atoms with Gasteiger partial charge in [-0.2, -0.15) is 0 Å². The van der Waals surface area contributed by atoms with E-state index in [9.17, 15) is 23.2 Å². The van der Waals surface area contributed by atoms with E-state index in [1.165, 1.54) is 23.1 Å². The van der Waals surface area contributed by atoms with Gasteiger partial charge in [-0.25, -0.2) is 22.8 Å². The molecule has 2 amide bonds. The Balaban J connectivity index is 1.64. The molecule has 2 aromatic carbocycles. The number of amides is 2. The Morgan fingerprint density at radius 1 is 1.13 bits per heavy atom. The van der Waals surface area contributed by atoms with E-state index >= 15 is 4.39 Å². The number of carbonyl (C=O) groups excluding carboxylic acids is 2. The summed E-state index contributed by atoms with van der Waals surface area (Å²) in [5, 5.41) is 1.65. The quantitative estimate of drug-likeness (QED) is 0.350. The molecule has 3 aromatic rings. The van der Waals surface area contributed by atoms with Crippen LogP contribution in [0.2, 0.25) is 0 Å². The molecule has 0 spiro atoms. The summed E-state index contributed by atoms with van der Waals surface area (Å²) in [6.45, 7) is 4.53. The lowest BCUT2D eigenvalue weighted by Crippen LogP contribution is -2.47. The normalized spacial score (nSPS) is 13.8. The summed E-state index contributed by atoms with van der Waals surface area (Å²) in [7, 11) is 1.90. The van der Waals surface area contributed by atoms with Crippen LogP contribution in [0.4, 0.5) is 34.1 Å². The van der Waals surface area contributed by atoms with Crippen molar-refractivity contribution in [1.82, 2.24) is 9.80 Å². The molecule has 13 heteroatoms. The number of fused-ring (bicyclic) bond motifs is 1. The summed E-state index contributed by atoms with van der Waals surface area (Å²) in [5.41, 5.74) is 2.64. The van der Waals surface area contributed by atoms with Crippen molar-refractivity contribution in [2.24, 2.45) is 0 Å². The number of benzene rings is 2. The predicted molar refractivity (Wildman–Crippen MR) is 137 cm³/mol. The number of anilines is 2. The van der Waals surface area contributed by atoms with Crippen molar-refractivity contribution in [3.05, 3.63) is 70.2 Å². The van der Waals surface area contributed by atoms with Crippen LogP contribution in [0.15, 0.2) is 46.1 Å². The van der Waals surface area contributed by atoms with Crippen LogP contribution in [-0.4, -0.2) is 61.8 Å². The van der Waals surface area contributed by atoms with Crippen molar-refractivity contribution in [2.45, 2.75) is 6.61 Å². The maximum absolute atomic E-state index is 15.4. The summed E-state index contributed by atoms with van der Waals surface area (Å²) in [5.74, 6) is -3.69. The molecular formula is C26H25F3N4O6. The van der Waals surface area contributed by atoms with E-state index in [4.69, 9.17) is 19.6 Å². The highest BCUT2D eigenvalue weighted by Crippen LogP contribution is 2.33. The van der Waals surface area contributed by atoms with Crippen molar-refractivity contribution in [3.63, 3.8) is 0 Å². The molecular weight excluding hydrogens is 521 g/mol. The van der Waals surface area contributed by atoms with E-state index < -0.39 is 63.9 Å². The average molecular weight is 547 g/mol. The van der Waals surface area contributed by atoms with Crippen LogP contribution in [0.25, 0.3) is 22.3 Å². The minimum absolute atomic E-state index is 0.0156. The highest BCUT2D eigenvalue weighted by molar-refractivity contribution is 5.91. The summed E-state index contributed by atoms with van der Waals surface area (Å²) in [4.78, 5) is 40.2. The van der Waals surface area contributed by atoms with E-state index in [0.29, 0.717) is 26.2 Å². The number of halogens is 3. The number of hydrogen-bond acceptors (Lipinski definition) is 8. The molecule has 1 aliphatic rings. The first kappa shape index (κ1) is 27.5. The maximum Gasteiger partial charge on any atom is 0.412 e. The van der Waals surface area contributed by atoms with Crippen molar-refractivity contribution in [1.29, 1.82) is 0 Å². The summed E-state index contributed by atoms with van der Waals surface area (Å²) in [6, 6.07) is 4.34. The van der Waals surface area contributed by atoms with Gasteiger partial charge in [-0.3, -0.25) is 10.1 Å². The molecule has 0 bridgehead atoms. The number of likely N-dealkylation sites (N-methyl/N-ethyl adjacent to an activating group) is 1. The minimum atomic E-state index is -1.29. The van der Waals surface area contributed by atoms with Crippen LogP contribution < -0.4 is 16.5 Å². The van der Waals surface area contributed by atoms with Gasteiger partial charge < -0.3 is 29.4 Å². The van der Waals surface area contributed by atoms with E-state index in [1.54, 1.807) is 0 Å². The van der Waals surface area contributed by atoms with E-state index in [2.05, 4.69) is 11.9 Å². The molecule has 1 saturated heterocycles. The molecule has 10 nitrogen and oxygen atoms in total. The molecule has 39 heavy (non-hydrogen) atoms. The third-order valence-corrected chi connectivity index (χ3v) is 6.11. The molecule has 3 N–H and O–H groups in total. The van der Waals surface area contributed by atoms with Crippen molar-refractivity contribution in [2.75, 3.05) is 50.9 Å². The van der Waals surface area contributed by atoms with Crippen molar-refractivity contribution >= 4 is 34.5 Å². The fraction of sp³-hybridized carbons (Fsp3) is 0.269. The zero-order valence-corrected chi connectivity index (χ0v) is 20.9. The Hall–Kier alpha value is -4.52. The first-order valence-electron chi connectivity index (χ1n) is 11.8. The lowest BCUT2D eigenvalue weighted by Gasteiger charge is -2.31. The van der Waals surface area contributed by atoms with Gasteiger partial charge in [0, 0.05) is 37.8 Å². The number of piperazine rings is 1. The third-order valence-electron chi connectivity index (χ3n) is 6.11. The second kappa shape index (κ2) is 11.5. The van der Waals surface area contributed by atoms with Gasteiger partial charge in [-0.1, -0.05) is 12.7 Å². The lowest BCUT2D eigenvalue weighted by molar-refractivity contribution is 0.0754. The Morgan fingerprint density at radius 3 is 2.51 bits per heavy atom. The highest BCUT2D eigenvalue weighted by Gasteiger charge is 2.26. The van der Waals surface area contributed by atoms with Gasteiger partial charge in [0.05, 0.1) is 22.3 Å². The minimum Gasteiger partial charge on any atom is -0.453 e. The molecule has 1 fully saturated rings. The Labute approximate surface area is 220 Å². The van der Waals surface area contributed by atoms with E-state index in [1.807, 2.05) is 11.9 Å². The second-order valence-electron chi connectivity index (χ2n) is 8.75. The van der Waals surface area contributed by atoms with Gasteiger partial charge in [-0.05, 0) is 25.2 Å². The molecule has 0 radical (unpaired) electrons. The molecule has 0 saturated carbocycles. The average Bonchev–Trinajstić information content (AvgIpc) is 2.91. The largest absolute Gasteiger partial charge is 0.453 e. The second-order valence-corrected chi connectivity index (χ2v) is 8.75. The summed E-state index contributed by atoms with van der Waals surface area (Å²) < 4.78 is 60.4. The standard InChI is InChI=1S/C26H25F3N4O6/c1-3-10-37-25(35)31-17-5-4-14(11-16(17)27)19-12-18(34)20-23(30)21(28)15(22(29)24(20)39-19)13-38-26(36)33-8-6-32(2)7-9-33/h3-5,11-12H,1,6-10,13,30H2,2H3,(H,31,35). The SMILES string of the molecule is C=CCOC(=O)Nc1ccc(-c2cc(=O)c3c(N)c(F)c(COC(=O)N4CCN(C)CC4)c(F)c3o2)cc1F. The topological polar surface area (TPSA) is 127 Å². The van der Waals surface area contributed by atoms with Gasteiger partial charge in [0.2, 0.25) is 0 Å². The number of nitrogen functional groups attached to an aromatic ring is 1. The molecule has 0 atom stereocenters. The van der Waals surface area contributed by atoms with Crippen molar-refractivity contribution in [3.8, 4) is 11.3 Å². The molecule has 0 unspecified atom stereocenters. The van der Waals surface area contributed by atoms with Crippen molar-refractivity contribution < 1.29 is 36.7 Å². The monoisotopic (exact) mass is 546 g/mol. The molecule has 4 rings (SSSR count). The van der Waals surface area contributed by atoms with Crippen LogP contribution in [0.1, 0.15) is 5.56 Å². The molecule has 1 aliphatic heterocycles. The number of nitrogens with zero attached hydrogens (tertiary/aromatic N) is 2. The van der Waals surface area contributed by atoms with Gasteiger partial charge in [0.1, 0.15) is 24.8 Å². The Bertz CT molecular complexity index is 1500. The Kier molecular flexibility index (Phi) is 8.10. The summed E-state index contributed by atoms with van der Waals surface area (Å²) in [6.07, 6.45) is -0.339. The van der Waals surface area contributed by atoms with Crippen LogP contribution in [0.3, 0.4) is 0 Å². The van der Waals surface area contributed by atoms with Crippen LogP contribution in [0, 0.1) is 17.5 Å². The highest BCUT2D eigenvalue weighted by atomic mass is 19.1. The molecule has 1 aromatic heterocycles.